The maximum Gasteiger partial charge on any atom is 0.240 e. The second kappa shape index (κ2) is 7.03. The highest BCUT2D eigenvalue weighted by Gasteiger charge is 2.24. The van der Waals surface area contributed by atoms with E-state index in [4.69, 9.17) is 0 Å². The second-order valence-corrected chi connectivity index (χ2v) is 9.32. The van der Waals surface area contributed by atoms with E-state index in [1.165, 1.54) is 6.92 Å². The SMILES string of the molecule is CC(=O)N1CCc2cc(S(=O)(=O)NCCc3nc4ccccc4s3)ccc21. The summed E-state index contributed by atoms with van der Waals surface area (Å²) in [5.41, 5.74) is 2.63. The maximum absolute atomic E-state index is 12.6. The fourth-order valence-corrected chi connectivity index (χ4v) is 5.32. The molecule has 0 unspecified atom stereocenters. The van der Waals surface area contributed by atoms with E-state index in [1.54, 1.807) is 34.4 Å². The molecule has 4 rings (SSSR count). The minimum Gasteiger partial charge on any atom is -0.312 e. The average Bonchev–Trinajstić information content (AvgIpc) is 3.24. The van der Waals surface area contributed by atoms with Crippen LogP contribution in [0.25, 0.3) is 10.2 Å². The summed E-state index contributed by atoms with van der Waals surface area (Å²) in [5, 5.41) is 0.907. The number of anilines is 1. The van der Waals surface area contributed by atoms with Gasteiger partial charge in [-0.2, -0.15) is 0 Å². The predicted octanol–water partition coefficient (Wildman–Crippen LogP) is 2.73. The van der Waals surface area contributed by atoms with Gasteiger partial charge < -0.3 is 4.90 Å². The van der Waals surface area contributed by atoms with E-state index in [0.717, 1.165) is 26.5 Å². The van der Waals surface area contributed by atoms with Gasteiger partial charge in [0.15, 0.2) is 0 Å². The summed E-state index contributed by atoms with van der Waals surface area (Å²) in [6.07, 6.45) is 1.21. The summed E-state index contributed by atoms with van der Waals surface area (Å²) >= 11 is 1.58. The molecule has 0 aliphatic carbocycles. The molecule has 0 saturated heterocycles. The summed E-state index contributed by atoms with van der Waals surface area (Å²) in [7, 11) is -3.60. The molecule has 0 spiro atoms. The number of carbonyl (C=O) groups excluding carboxylic acids is 1. The Labute approximate surface area is 161 Å². The molecule has 0 radical (unpaired) electrons. The minimum absolute atomic E-state index is 0.0293. The Morgan fingerprint density at radius 3 is 2.85 bits per heavy atom. The van der Waals surface area contributed by atoms with Gasteiger partial charge >= 0.3 is 0 Å². The number of aromatic nitrogens is 1. The van der Waals surface area contributed by atoms with E-state index in [9.17, 15) is 13.2 Å². The third-order valence-corrected chi connectivity index (χ3v) is 7.16. The van der Waals surface area contributed by atoms with E-state index < -0.39 is 10.0 Å². The third-order valence-electron chi connectivity index (χ3n) is 4.61. The molecule has 2 aromatic carbocycles. The number of nitrogens with zero attached hydrogens (tertiary/aromatic N) is 2. The van der Waals surface area contributed by atoms with Gasteiger partial charge in [-0.3, -0.25) is 4.79 Å². The first-order chi connectivity index (χ1) is 12.9. The predicted molar refractivity (Wildman–Crippen MR) is 107 cm³/mol. The molecule has 0 bridgehead atoms. The largest absolute Gasteiger partial charge is 0.312 e. The molecule has 6 nitrogen and oxygen atoms in total. The van der Waals surface area contributed by atoms with Gasteiger partial charge in [0.05, 0.1) is 20.1 Å². The fourth-order valence-electron chi connectivity index (χ4n) is 3.27. The Morgan fingerprint density at radius 2 is 2.07 bits per heavy atom. The van der Waals surface area contributed by atoms with Crippen molar-refractivity contribution in [1.29, 1.82) is 0 Å². The first-order valence-corrected chi connectivity index (χ1v) is 11.0. The van der Waals surface area contributed by atoms with Gasteiger partial charge in [-0.05, 0) is 42.3 Å². The van der Waals surface area contributed by atoms with E-state index in [-0.39, 0.29) is 10.8 Å². The van der Waals surface area contributed by atoms with E-state index in [0.29, 0.717) is 25.9 Å². The molecule has 140 valence electrons. The Bertz CT molecular complexity index is 1090. The molecule has 2 heterocycles. The van der Waals surface area contributed by atoms with Crippen LogP contribution in [-0.4, -0.2) is 32.4 Å². The number of hydrogen-bond acceptors (Lipinski definition) is 5. The summed E-state index contributed by atoms with van der Waals surface area (Å²) in [6.45, 7) is 2.40. The van der Waals surface area contributed by atoms with Crippen LogP contribution < -0.4 is 9.62 Å². The molecule has 27 heavy (non-hydrogen) atoms. The lowest BCUT2D eigenvalue weighted by Crippen LogP contribution is -2.26. The Balaban J connectivity index is 1.45. The number of para-hydroxylation sites is 1. The minimum atomic E-state index is -3.60. The zero-order valence-corrected chi connectivity index (χ0v) is 16.4. The maximum atomic E-state index is 12.6. The van der Waals surface area contributed by atoms with Crippen LogP contribution in [-0.2, 0) is 27.7 Å². The van der Waals surface area contributed by atoms with E-state index in [1.807, 2.05) is 24.3 Å². The van der Waals surface area contributed by atoms with Crippen molar-refractivity contribution in [3.63, 3.8) is 0 Å². The number of rotatable bonds is 5. The van der Waals surface area contributed by atoms with Crippen molar-refractivity contribution < 1.29 is 13.2 Å². The Hall–Kier alpha value is -2.29. The standard InChI is InChI=1S/C19H19N3O3S2/c1-13(23)22-11-9-14-12-15(6-7-17(14)22)27(24,25)20-10-8-19-21-16-4-2-3-5-18(16)26-19/h2-7,12,20H,8-11H2,1H3. The van der Waals surface area contributed by atoms with Crippen molar-refractivity contribution in [1.82, 2.24) is 9.71 Å². The van der Waals surface area contributed by atoms with Gasteiger partial charge in [0, 0.05) is 32.1 Å². The van der Waals surface area contributed by atoms with Crippen molar-refractivity contribution in [2.45, 2.75) is 24.7 Å². The number of sulfonamides is 1. The molecule has 0 saturated carbocycles. The molecule has 0 atom stereocenters. The van der Waals surface area contributed by atoms with Gasteiger partial charge in [-0.1, -0.05) is 12.1 Å². The number of carbonyl (C=O) groups is 1. The normalized spacial score (nSPS) is 13.9. The third kappa shape index (κ3) is 3.60. The van der Waals surface area contributed by atoms with E-state index >= 15 is 0 Å². The number of nitrogens with one attached hydrogen (secondary N) is 1. The van der Waals surface area contributed by atoms with Crippen LogP contribution in [0.15, 0.2) is 47.4 Å². The highest BCUT2D eigenvalue weighted by molar-refractivity contribution is 7.89. The summed E-state index contributed by atoms with van der Waals surface area (Å²) < 4.78 is 29.0. The van der Waals surface area contributed by atoms with Gasteiger partial charge in [-0.15, -0.1) is 11.3 Å². The highest BCUT2D eigenvalue weighted by atomic mass is 32.2. The van der Waals surface area contributed by atoms with Crippen molar-refractivity contribution in [2.24, 2.45) is 0 Å². The lowest BCUT2D eigenvalue weighted by Gasteiger charge is -2.15. The number of thiazole rings is 1. The molecule has 1 N–H and O–H groups in total. The van der Waals surface area contributed by atoms with Crippen LogP contribution in [0.2, 0.25) is 0 Å². The van der Waals surface area contributed by atoms with E-state index in [2.05, 4.69) is 9.71 Å². The molecule has 1 aromatic heterocycles. The topological polar surface area (TPSA) is 79.4 Å². The number of fused-ring (bicyclic) bond motifs is 2. The molecule has 8 heteroatoms. The van der Waals surface area contributed by atoms with Crippen LogP contribution in [0.3, 0.4) is 0 Å². The van der Waals surface area contributed by atoms with Crippen molar-refractivity contribution in [3.8, 4) is 0 Å². The smallest absolute Gasteiger partial charge is 0.240 e. The van der Waals surface area contributed by atoms with Gasteiger partial charge in [0.2, 0.25) is 15.9 Å². The molecule has 0 fully saturated rings. The van der Waals surface area contributed by atoms with Crippen molar-refractivity contribution in [2.75, 3.05) is 18.0 Å². The molecule has 3 aromatic rings. The first-order valence-electron chi connectivity index (χ1n) is 8.69. The first kappa shape index (κ1) is 18.1. The summed E-state index contributed by atoms with van der Waals surface area (Å²) in [4.78, 5) is 18.1. The monoisotopic (exact) mass is 401 g/mol. The second-order valence-electron chi connectivity index (χ2n) is 6.43. The molecular formula is C19H19N3O3S2. The quantitative estimate of drug-likeness (QED) is 0.713. The van der Waals surface area contributed by atoms with Crippen LogP contribution in [0.1, 0.15) is 17.5 Å². The van der Waals surface area contributed by atoms with Crippen LogP contribution in [0, 0.1) is 0 Å². The van der Waals surface area contributed by atoms with Gasteiger partial charge in [0.1, 0.15) is 0 Å². The highest BCUT2D eigenvalue weighted by Crippen LogP contribution is 2.30. The lowest BCUT2D eigenvalue weighted by atomic mass is 10.2. The average molecular weight is 402 g/mol. The number of amides is 1. The van der Waals surface area contributed by atoms with Crippen molar-refractivity contribution >= 4 is 43.2 Å². The van der Waals surface area contributed by atoms with Gasteiger partial charge in [-0.25, -0.2) is 18.1 Å². The summed E-state index contributed by atoms with van der Waals surface area (Å²) in [5.74, 6) is -0.0293. The fraction of sp³-hybridized carbons (Fsp3) is 0.263. The zero-order valence-electron chi connectivity index (χ0n) is 14.8. The summed E-state index contributed by atoms with van der Waals surface area (Å²) in [6, 6.07) is 12.8. The molecule has 1 amide bonds. The molecule has 1 aliphatic heterocycles. The van der Waals surface area contributed by atoms with Crippen LogP contribution >= 0.6 is 11.3 Å². The molecular weight excluding hydrogens is 382 g/mol. The Morgan fingerprint density at radius 1 is 1.26 bits per heavy atom. The van der Waals surface area contributed by atoms with Crippen LogP contribution in [0.5, 0.6) is 0 Å². The van der Waals surface area contributed by atoms with Crippen LogP contribution in [0.4, 0.5) is 5.69 Å². The van der Waals surface area contributed by atoms with Crippen molar-refractivity contribution in [3.05, 3.63) is 53.0 Å². The number of benzene rings is 2. The van der Waals surface area contributed by atoms with Gasteiger partial charge in [0.25, 0.3) is 0 Å². The Kier molecular flexibility index (Phi) is 4.71. The zero-order chi connectivity index (χ0) is 19.0. The lowest BCUT2D eigenvalue weighted by molar-refractivity contribution is -0.116. The number of hydrogen-bond donors (Lipinski definition) is 1. The molecule has 1 aliphatic rings.